The molecule has 1 fully saturated rings. The van der Waals surface area contributed by atoms with Crippen molar-refractivity contribution in [3.63, 3.8) is 0 Å². The molecule has 1 amide bonds. The van der Waals surface area contributed by atoms with Gasteiger partial charge in [-0.05, 0) is 25.0 Å². The number of hydrogen-bond donors (Lipinski definition) is 1. The number of carbonyl (C=O) groups excluding carboxylic acids is 1. The van der Waals surface area contributed by atoms with Crippen LogP contribution in [0.15, 0.2) is 41.4 Å². The second-order valence-electron chi connectivity index (χ2n) is 6.29. The number of pyridine rings is 1. The highest BCUT2D eigenvalue weighted by Gasteiger charge is 2.24. The van der Waals surface area contributed by atoms with Crippen LogP contribution in [-0.2, 0) is 19.6 Å². The summed E-state index contributed by atoms with van der Waals surface area (Å²) in [6.45, 7) is 3.25. The number of nitrogens with zero attached hydrogens (tertiary/aromatic N) is 2. The number of rotatable bonds is 6. The Morgan fingerprint density at radius 2 is 2.00 bits per heavy atom. The normalized spacial score (nSPS) is 15.9. The third-order valence-electron chi connectivity index (χ3n) is 4.57. The van der Waals surface area contributed by atoms with Gasteiger partial charge >= 0.3 is 0 Å². The number of para-hydroxylation sites is 1. The maximum atomic E-state index is 12.7. The van der Waals surface area contributed by atoms with Gasteiger partial charge in [-0.3, -0.25) is 9.78 Å². The molecule has 3 rings (SSSR count). The summed E-state index contributed by atoms with van der Waals surface area (Å²) in [6, 6.07) is 8.75. The topological polar surface area (TPSA) is 88.6 Å². The molecule has 0 aliphatic carbocycles. The number of aromatic nitrogens is 1. The van der Waals surface area contributed by atoms with Crippen molar-refractivity contribution in [1.29, 1.82) is 0 Å². The molecule has 2 aromatic rings. The van der Waals surface area contributed by atoms with E-state index in [4.69, 9.17) is 4.74 Å². The molecule has 1 saturated heterocycles. The van der Waals surface area contributed by atoms with E-state index in [0.717, 1.165) is 18.2 Å². The van der Waals surface area contributed by atoms with E-state index in [1.165, 1.54) is 6.92 Å². The fraction of sp³-hybridized carbons (Fsp3) is 0.444. The number of nitrogens with one attached hydrogen (secondary N) is 1. The Bertz CT molecular complexity index is 874. The summed E-state index contributed by atoms with van der Waals surface area (Å²) in [5, 5.41) is 0.767. The van der Waals surface area contributed by atoms with Crippen molar-refractivity contribution in [1.82, 2.24) is 14.6 Å². The van der Waals surface area contributed by atoms with Crippen LogP contribution in [0.25, 0.3) is 10.9 Å². The quantitative estimate of drug-likeness (QED) is 0.825. The molecule has 0 bridgehead atoms. The number of sulfonamides is 1. The van der Waals surface area contributed by atoms with Gasteiger partial charge in [-0.15, -0.1) is 0 Å². The number of amides is 1. The highest BCUT2D eigenvalue weighted by Crippen LogP contribution is 2.20. The van der Waals surface area contributed by atoms with Crippen molar-refractivity contribution in [2.24, 2.45) is 0 Å². The van der Waals surface area contributed by atoms with E-state index < -0.39 is 10.0 Å². The molecule has 0 radical (unpaired) electrons. The van der Waals surface area contributed by atoms with Gasteiger partial charge < -0.3 is 9.64 Å². The third kappa shape index (κ3) is 4.20. The second-order valence-corrected chi connectivity index (χ2v) is 8.02. The van der Waals surface area contributed by atoms with E-state index in [9.17, 15) is 13.2 Å². The highest BCUT2D eigenvalue weighted by atomic mass is 32.2. The van der Waals surface area contributed by atoms with Gasteiger partial charge in [0.25, 0.3) is 0 Å². The molecule has 7 nitrogen and oxygen atoms in total. The number of ether oxygens (including phenoxy) is 1. The van der Waals surface area contributed by atoms with Gasteiger partial charge in [0.05, 0.1) is 5.52 Å². The average Bonchev–Trinajstić information content (AvgIpc) is 2.65. The summed E-state index contributed by atoms with van der Waals surface area (Å²) in [7, 11) is -3.71. The SMILES string of the molecule is CC(=O)N(CCNS(=O)(=O)c1cccc2cccnc12)C1CCOCC1. The van der Waals surface area contributed by atoms with Crippen LogP contribution in [0, 0.1) is 0 Å². The molecule has 26 heavy (non-hydrogen) atoms. The minimum absolute atomic E-state index is 0.0528. The van der Waals surface area contributed by atoms with Gasteiger partial charge in [0.15, 0.2) is 0 Å². The Kier molecular flexibility index (Phi) is 5.85. The molecule has 140 valence electrons. The van der Waals surface area contributed by atoms with E-state index >= 15 is 0 Å². The predicted octanol–water partition coefficient (Wildman–Crippen LogP) is 1.54. The number of hydrogen-bond acceptors (Lipinski definition) is 5. The Morgan fingerprint density at radius 3 is 2.73 bits per heavy atom. The van der Waals surface area contributed by atoms with Gasteiger partial charge in [-0.2, -0.15) is 0 Å². The van der Waals surface area contributed by atoms with Crippen LogP contribution >= 0.6 is 0 Å². The summed E-state index contributed by atoms with van der Waals surface area (Å²) >= 11 is 0. The zero-order valence-corrected chi connectivity index (χ0v) is 15.5. The Balaban J connectivity index is 1.70. The van der Waals surface area contributed by atoms with E-state index in [1.807, 2.05) is 12.1 Å². The first-order chi connectivity index (χ1) is 12.5. The van der Waals surface area contributed by atoms with Crippen LogP contribution < -0.4 is 4.72 Å². The average molecular weight is 377 g/mol. The third-order valence-corrected chi connectivity index (χ3v) is 6.06. The standard InChI is InChI=1S/C18H23N3O4S/c1-14(22)21(16-7-12-25-13-8-16)11-10-20-26(23,24)17-6-2-4-15-5-3-9-19-18(15)17/h2-6,9,16,20H,7-8,10-13H2,1H3. The summed E-state index contributed by atoms with van der Waals surface area (Å²) in [5.41, 5.74) is 0.440. The zero-order chi connectivity index (χ0) is 18.6. The molecule has 8 heteroatoms. The van der Waals surface area contributed by atoms with Gasteiger partial charge in [-0.1, -0.05) is 18.2 Å². The lowest BCUT2D eigenvalue weighted by Crippen LogP contribution is -2.46. The largest absolute Gasteiger partial charge is 0.381 e. The molecule has 0 unspecified atom stereocenters. The van der Waals surface area contributed by atoms with Crippen LogP contribution in [0.1, 0.15) is 19.8 Å². The molecular weight excluding hydrogens is 354 g/mol. The monoisotopic (exact) mass is 377 g/mol. The molecule has 2 heterocycles. The van der Waals surface area contributed by atoms with E-state index in [1.54, 1.807) is 29.3 Å². The van der Waals surface area contributed by atoms with Crippen LogP contribution in [0.4, 0.5) is 0 Å². The molecule has 1 aromatic heterocycles. The number of carbonyl (C=O) groups is 1. The predicted molar refractivity (Wildman–Crippen MR) is 98.2 cm³/mol. The minimum atomic E-state index is -3.71. The Morgan fingerprint density at radius 1 is 1.27 bits per heavy atom. The van der Waals surface area contributed by atoms with Crippen molar-refractivity contribution < 1.29 is 17.9 Å². The van der Waals surface area contributed by atoms with Crippen LogP contribution in [0.5, 0.6) is 0 Å². The molecule has 1 N–H and O–H groups in total. The summed E-state index contributed by atoms with van der Waals surface area (Å²) in [4.78, 5) is 18.0. The molecule has 0 atom stereocenters. The van der Waals surface area contributed by atoms with Crippen molar-refractivity contribution in [3.05, 3.63) is 36.5 Å². The molecule has 1 aliphatic rings. The molecule has 1 aromatic carbocycles. The first kappa shape index (κ1) is 18.8. The summed E-state index contributed by atoms with van der Waals surface area (Å²) in [5.74, 6) is -0.0528. The smallest absolute Gasteiger partial charge is 0.242 e. The van der Waals surface area contributed by atoms with Crippen LogP contribution in [0.3, 0.4) is 0 Å². The second kappa shape index (κ2) is 8.11. The Hall–Kier alpha value is -2.03. The van der Waals surface area contributed by atoms with Gasteiger partial charge in [0.1, 0.15) is 4.90 Å². The summed E-state index contributed by atoms with van der Waals surface area (Å²) in [6.07, 6.45) is 3.13. The van der Waals surface area contributed by atoms with Gasteiger partial charge in [0, 0.05) is 50.9 Å². The Labute approximate surface area is 153 Å². The van der Waals surface area contributed by atoms with Crippen molar-refractivity contribution >= 4 is 26.8 Å². The van der Waals surface area contributed by atoms with E-state index in [2.05, 4.69) is 9.71 Å². The van der Waals surface area contributed by atoms with Crippen LogP contribution in [0.2, 0.25) is 0 Å². The van der Waals surface area contributed by atoms with Crippen LogP contribution in [-0.4, -0.2) is 56.6 Å². The highest BCUT2D eigenvalue weighted by molar-refractivity contribution is 7.89. The van der Waals surface area contributed by atoms with E-state index in [-0.39, 0.29) is 23.4 Å². The number of fused-ring (bicyclic) bond motifs is 1. The maximum absolute atomic E-state index is 12.7. The van der Waals surface area contributed by atoms with Gasteiger partial charge in [0.2, 0.25) is 15.9 Å². The fourth-order valence-electron chi connectivity index (χ4n) is 3.27. The first-order valence-electron chi connectivity index (χ1n) is 8.67. The zero-order valence-electron chi connectivity index (χ0n) is 14.7. The van der Waals surface area contributed by atoms with Crippen molar-refractivity contribution in [2.75, 3.05) is 26.3 Å². The van der Waals surface area contributed by atoms with Crippen molar-refractivity contribution in [2.45, 2.75) is 30.7 Å². The van der Waals surface area contributed by atoms with Gasteiger partial charge in [-0.25, -0.2) is 13.1 Å². The fourth-order valence-corrected chi connectivity index (χ4v) is 4.46. The van der Waals surface area contributed by atoms with Crippen molar-refractivity contribution in [3.8, 4) is 0 Å². The molecule has 0 saturated carbocycles. The van der Waals surface area contributed by atoms with E-state index in [0.29, 0.717) is 25.3 Å². The lowest BCUT2D eigenvalue weighted by molar-refractivity contribution is -0.132. The molecule has 1 aliphatic heterocycles. The first-order valence-corrected chi connectivity index (χ1v) is 10.2. The molecule has 0 spiro atoms. The minimum Gasteiger partial charge on any atom is -0.381 e. The maximum Gasteiger partial charge on any atom is 0.242 e. The molecular formula is C18H23N3O4S. The lowest BCUT2D eigenvalue weighted by atomic mass is 10.1. The summed E-state index contributed by atoms with van der Waals surface area (Å²) < 4.78 is 33.3. The lowest BCUT2D eigenvalue weighted by Gasteiger charge is -2.33. The number of benzene rings is 1.